The summed E-state index contributed by atoms with van der Waals surface area (Å²) in [7, 11) is 0. The number of anilines is 1. The van der Waals surface area contributed by atoms with E-state index in [4.69, 9.17) is 4.74 Å². The van der Waals surface area contributed by atoms with Gasteiger partial charge in [-0.1, -0.05) is 13.8 Å². The van der Waals surface area contributed by atoms with Crippen LogP contribution in [0.4, 0.5) is 5.69 Å². The van der Waals surface area contributed by atoms with Gasteiger partial charge in [-0.3, -0.25) is 9.59 Å². The van der Waals surface area contributed by atoms with Crippen molar-refractivity contribution < 1.29 is 14.3 Å². The van der Waals surface area contributed by atoms with Gasteiger partial charge in [-0.25, -0.2) is 0 Å². The van der Waals surface area contributed by atoms with Crippen LogP contribution in [0.2, 0.25) is 0 Å². The molecule has 0 aromatic heterocycles. The summed E-state index contributed by atoms with van der Waals surface area (Å²) in [6.45, 7) is 6.05. The zero-order chi connectivity index (χ0) is 14.3. The highest BCUT2D eigenvalue weighted by Crippen LogP contribution is 2.15. The fourth-order valence-electron chi connectivity index (χ4n) is 1.38. The number of benzene rings is 1. The molecule has 0 bridgehead atoms. The Labute approximate surface area is 113 Å². The predicted octanol–water partition coefficient (Wildman–Crippen LogP) is 1.80. The molecule has 0 heterocycles. The van der Waals surface area contributed by atoms with Crippen LogP contribution in [0.5, 0.6) is 5.75 Å². The van der Waals surface area contributed by atoms with Gasteiger partial charge in [0.1, 0.15) is 5.75 Å². The summed E-state index contributed by atoms with van der Waals surface area (Å²) < 4.78 is 5.30. The second kappa shape index (κ2) is 7.41. The first-order valence-electron chi connectivity index (χ1n) is 6.33. The lowest BCUT2D eigenvalue weighted by Gasteiger charge is -2.09. The summed E-state index contributed by atoms with van der Waals surface area (Å²) in [6, 6.07) is 7.08. The molecule has 104 valence electrons. The van der Waals surface area contributed by atoms with Gasteiger partial charge in [0.05, 0.1) is 13.2 Å². The summed E-state index contributed by atoms with van der Waals surface area (Å²) in [5.41, 5.74) is 0.673. The molecule has 2 N–H and O–H groups in total. The molecule has 2 amide bonds. The van der Waals surface area contributed by atoms with Gasteiger partial charge < -0.3 is 15.4 Å². The van der Waals surface area contributed by atoms with E-state index < -0.39 is 0 Å². The van der Waals surface area contributed by atoms with Crippen molar-refractivity contribution in [2.24, 2.45) is 5.92 Å². The van der Waals surface area contributed by atoms with E-state index in [2.05, 4.69) is 10.6 Å². The van der Waals surface area contributed by atoms with Gasteiger partial charge in [0, 0.05) is 11.6 Å². The number of carbonyl (C=O) groups excluding carboxylic acids is 2. The SMILES string of the molecule is CCOc1ccc(NC(=O)CNC(=O)C(C)C)cc1. The minimum absolute atomic E-state index is 0.0236. The van der Waals surface area contributed by atoms with Crippen molar-refractivity contribution in [2.45, 2.75) is 20.8 Å². The van der Waals surface area contributed by atoms with Gasteiger partial charge in [0.15, 0.2) is 0 Å². The van der Waals surface area contributed by atoms with Crippen molar-refractivity contribution in [1.82, 2.24) is 5.32 Å². The second-order valence-electron chi connectivity index (χ2n) is 4.38. The van der Waals surface area contributed by atoms with Crippen LogP contribution in [0.3, 0.4) is 0 Å². The molecule has 5 nitrogen and oxygen atoms in total. The molecule has 1 aromatic rings. The van der Waals surface area contributed by atoms with Gasteiger partial charge >= 0.3 is 0 Å². The molecule has 0 unspecified atom stereocenters. The molecule has 0 radical (unpaired) electrons. The molecule has 0 saturated carbocycles. The maximum Gasteiger partial charge on any atom is 0.243 e. The van der Waals surface area contributed by atoms with Crippen molar-refractivity contribution in [3.05, 3.63) is 24.3 Å². The van der Waals surface area contributed by atoms with E-state index in [9.17, 15) is 9.59 Å². The number of ether oxygens (including phenoxy) is 1. The van der Waals surface area contributed by atoms with Crippen LogP contribution in [0.25, 0.3) is 0 Å². The third kappa shape index (κ3) is 5.42. The number of amides is 2. The lowest BCUT2D eigenvalue weighted by molar-refractivity contribution is -0.126. The number of rotatable bonds is 6. The number of carbonyl (C=O) groups is 2. The molecule has 5 heteroatoms. The average Bonchev–Trinajstić information content (AvgIpc) is 2.38. The zero-order valence-corrected chi connectivity index (χ0v) is 11.5. The first kappa shape index (κ1) is 15.0. The van der Waals surface area contributed by atoms with Crippen molar-refractivity contribution in [3.63, 3.8) is 0 Å². The molecule has 0 saturated heterocycles. The van der Waals surface area contributed by atoms with Crippen LogP contribution < -0.4 is 15.4 Å². The highest BCUT2D eigenvalue weighted by Gasteiger charge is 2.08. The number of hydrogen-bond acceptors (Lipinski definition) is 3. The second-order valence-corrected chi connectivity index (χ2v) is 4.38. The Morgan fingerprint density at radius 3 is 2.37 bits per heavy atom. The minimum atomic E-state index is -0.252. The van der Waals surface area contributed by atoms with Crippen LogP contribution in [-0.2, 0) is 9.59 Å². The largest absolute Gasteiger partial charge is 0.494 e. The molecule has 0 fully saturated rings. The summed E-state index contributed by atoms with van der Waals surface area (Å²) in [5.74, 6) is 0.242. The van der Waals surface area contributed by atoms with Gasteiger partial charge in [-0.15, -0.1) is 0 Å². The lowest BCUT2D eigenvalue weighted by atomic mass is 10.2. The number of hydrogen-bond donors (Lipinski definition) is 2. The molecule has 0 aliphatic carbocycles. The fraction of sp³-hybridized carbons (Fsp3) is 0.429. The lowest BCUT2D eigenvalue weighted by Crippen LogP contribution is -2.35. The van der Waals surface area contributed by atoms with Crippen LogP contribution >= 0.6 is 0 Å². The summed E-state index contributed by atoms with van der Waals surface area (Å²) >= 11 is 0. The topological polar surface area (TPSA) is 67.4 Å². The van der Waals surface area contributed by atoms with Crippen LogP contribution in [0, 0.1) is 5.92 Å². The van der Waals surface area contributed by atoms with Gasteiger partial charge in [-0.2, -0.15) is 0 Å². The van der Waals surface area contributed by atoms with E-state index in [0.717, 1.165) is 5.75 Å². The molecule has 19 heavy (non-hydrogen) atoms. The van der Waals surface area contributed by atoms with Crippen LogP contribution in [0.15, 0.2) is 24.3 Å². The quantitative estimate of drug-likeness (QED) is 0.823. The zero-order valence-electron chi connectivity index (χ0n) is 11.5. The Balaban J connectivity index is 2.42. The highest BCUT2D eigenvalue weighted by molar-refractivity contribution is 5.94. The van der Waals surface area contributed by atoms with E-state index in [1.165, 1.54) is 0 Å². The summed E-state index contributed by atoms with van der Waals surface area (Å²) in [4.78, 5) is 22.9. The molecular weight excluding hydrogens is 244 g/mol. The van der Waals surface area contributed by atoms with E-state index in [1.54, 1.807) is 38.1 Å². The van der Waals surface area contributed by atoms with Gasteiger partial charge in [0.2, 0.25) is 11.8 Å². The Morgan fingerprint density at radius 1 is 1.21 bits per heavy atom. The van der Waals surface area contributed by atoms with Crippen LogP contribution in [0.1, 0.15) is 20.8 Å². The third-order valence-corrected chi connectivity index (χ3v) is 2.40. The van der Waals surface area contributed by atoms with E-state index in [0.29, 0.717) is 12.3 Å². The maximum atomic E-state index is 11.6. The molecule has 0 aliphatic heterocycles. The number of nitrogens with one attached hydrogen (secondary N) is 2. The smallest absolute Gasteiger partial charge is 0.243 e. The van der Waals surface area contributed by atoms with E-state index in [-0.39, 0.29) is 24.3 Å². The molecule has 1 rings (SSSR count). The van der Waals surface area contributed by atoms with E-state index in [1.807, 2.05) is 6.92 Å². The summed E-state index contributed by atoms with van der Waals surface area (Å²) in [6.07, 6.45) is 0. The van der Waals surface area contributed by atoms with Gasteiger partial charge in [0.25, 0.3) is 0 Å². The normalized spacial score (nSPS) is 10.1. The van der Waals surface area contributed by atoms with Crippen molar-refractivity contribution in [1.29, 1.82) is 0 Å². The monoisotopic (exact) mass is 264 g/mol. The Bertz CT molecular complexity index is 427. The van der Waals surface area contributed by atoms with Crippen molar-refractivity contribution in [3.8, 4) is 5.75 Å². The maximum absolute atomic E-state index is 11.6. The molecule has 0 atom stereocenters. The van der Waals surface area contributed by atoms with E-state index >= 15 is 0 Å². The van der Waals surface area contributed by atoms with Crippen molar-refractivity contribution in [2.75, 3.05) is 18.5 Å². The summed E-state index contributed by atoms with van der Waals surface area (Å²) in [5, 5.41) is 5.25. The molecular formula is C14H20N2O3. The molecule has 1 aromatic carbocycles. The third-order valence-electron chi connectivity index (χ3n) is 2.40. The predicted molar refractivity (Wildman–Crippen MR) is 74.1 cm³/mol. The first-order chi connectivity index (χ1) is 9.02. The first-order valence-corrected chi connectivity index (χ1v) is 6.33. The minimum Gasteiger partial charge on any atom is -0.494 e. The fourth-order valence-corrected chi connectivity index (χ4v) is 1.38. The Hall–Kier alpha value is -2.04. The average molecular weight is 264 g/mol. The highest BCUT2D eigenvalue weighted by atomic mass is 16.5. The van der Waals surface area contributed by atoms with Crippen molar-refractivity contribution >= 4 is 17.5 Å². The molecule has 0 aliphatic rings. The standard InChI is InChI=1S/C14H20N2O3/c1-4-19-12-7-5-11(6-8-12)16-13(17)9-15-14(18)10(2)3/h5-8,10H,4,9H2,1-3H3,(H,15,18)(H,16,17). The molecule has 0 spiro atoms. The van der Waals surface area contributed by atoms with Crippen LogP contribution in [-0.4, -0.2) is 25.0 Å². The Kier molecular flexibility index (Phi) is 5.85. The van der Waals surface area contributed by atoms with Gasteiger partial charge in [-0.05, 0) is 31.2 Å². The Morgan fingerprint density at radius 2 is 1.84 bits per heavy atom.